The van der Waals surface area contributed by atoms with Crippen LogP contribution in [0.5, 0.6) is 0 Å². The first-order valence-electron chi connectivity index (χ1n) is 16.9. The molecular formula is C48H33N. The van der Waals surface area contributed by atoms with Crippen molar-refractivity contribution in [3.8, 4) is 55.8 Å². The van der Waals surface area contributed by atoms with Gasteiger partial charge >= 0.3 is 0 Å². The maximum absolute atomic E-state index is 4.60. The molecule has 0 radical (unpaired) electrons. The molecule has 230 valence electrons. The van der Waals surface area contributed by atoms with Gasteiger partial charge in [0.2, 0.25) is 0 Å². The van der Waals surface area contributed by atoms with E-state index >= 15 is 0 Å². The highest BCUT2D eigenvalue weighted by Gasteiger charge is 2.46. The fourth-order valence-electron chi connectivity index (χ4n) is 7.79. The van der Waals surface area contributed by atoms with Crippen LogP contribution in [0.4, 0.5) is 0 Å². The highest BCUT2D eigenvalue weighted by Crippen LogP contribution is 2.58. The third-order valence-corrected chi connectivity index (χ3v) is 10.1. The number of hydrogen-bond acceptors (Lipinski definition) is 1. The summed E-state index contributed by atoms with van der Waals surface area (Å²) >= 11 is 0. The number of hydrogen-bond donors (Lipinski definition) is 0. The van der Waals surface area contributed by atoms with E-state index in [4.69, 9.17) is 0 Å². The van der Waals surface area contributed by atoms with Gasteiger partial charge in [-0.1, -0.05) is 170 Å². The van der Waals surface area contributed by atoms with Crippen molar-refractivity contribution in [2.24, 2.45) is 0 Å². The first-order chi connectivity index (χ1) is 24.3. The molecule has 0 amide bonds. The van der Waals surface area contributed by atoms with Gasteiger partial charge in [0.05, 0.1) is 11.1 Å². The Hall–Kier alpha value is -6.31. The fourth-order valence-corrected chi connectivity index (χ4v) is 7.79. The fraction of sp³-hybridized carbons (Fsp3) is 0.0208. The first kappa shape index (κ1) is 28.9. The third kappa shape index (κ3) is 4.82. The summed E-state index contributed by atoms with van der Waals surface area (Å²) in [6, 6.07) is 70.6. The summed E-state index contributed by atoms with van der Waals surface area (Å²) in [6.07, 6.45) is 1.85. The van der Waals surface area contributed by atoms with Crippen LogP contribution in [-0.4, -0.2) is 4.98 Å². The molecule has 8 aromatic rings. The lowest BCUT2D eigenvalue weighted by Gasteiger charge is -2.34. The molecule has 1 aliphatic rings. The molecule has 0 saturated carbocycles. The minimum atomic E-state index is -0.464. The maximum Gasteiger partial charge on any atom is 0.0713 e. The molecule has 0 unspecified atom stereocenters. The van der Waals surface area contributed by atoms with Crippen molar-refractivity contribution in [2.75, 3.05) is 0 Å². The van der Waals surface area contributed by atoms with E-state index in [1.165, 1.54) is 66.8 Å². The van der Waals surface area contributed by atoms with E-state index in [-0.39, 0.29) is 0 Å². The Morgan fingerprint density at radius 1 is 0.306 bits per heavy atom. The second-order valence-corrected chi connectivity index (χ2v) is 12.7. The number of pyridine rings is 1. The lowest BCUT2D eigenvalue weighted by atomic mass is 9.67. The summed E-state index contributed by atoms with van der Waals surface area (Å²) < 4.78 is 0. The van der Waals surface area contributed by atoms with Gasteiger partial charge in [-0.2, -0.15) is 0 Å². The van der Waals surface area contributed by atoms with E-state index in [0.717, 1.165) is 11.3 Å². The highest BCUT2D eigenvalue weighted by atomic mass is 14.7. The Morgan fingerprint density at radius 3 is 1.41 bits per heavy atom. The van der Waals surface area contributed by atoms with Gasteiger partial charge in [0.25, 0.3) is 0 Å². The number of nitrogens with zero attached hydrogens (tertiary/aromatic N) is 1. The van der Waals surface area contributed by atoms with Crippen LogP contribution < -0.4 is 0 Å². The average Bonchev–Trinajstić information content (AvgIpc) is 3.49. The maximum atomic E-state index is 4.60. The predicted octanol–water partition coefficient (Wildman–Crippen LogP) is 12.1. The summed E-state index contributed by atoms with van der Waals surface area (Å²) in [5.41, 5.74) is 16.6. The standard InChI is InChI=1S/C48H33N/c1-4-14-34(15-5-1)35-23-25-37(26-24-35)43-33-46-44(32-42(43)36-27-29-38(30-28-36)47-22-12-13-31-49-47)41-20-10-11-21-45(41)48(46,39-16-6-2-7-17-39)40-18-8-3-9-19-40/h1-33H. The van der Waals surface area contributed by atoms with Crippen LogP contribution in [0.2, 0.25) is 0 Å². The Labute approximate surface area is 287 Å². The molecule has 1 aromatic heterocycles. The minimum Gasteiger partial charge on any atom is -0.256 e. The molecule has 1 nitrogen and oxygen atoms in total. The van der Waals surface area contributed by atoms with Crippen molar-refractivity contribution in [1.82, 2.24) is 4.98 Å². The Balaban J connectivity index is 1.31. The van der Waals surface area contributed by atoms with E-state index in [1.807, 2.05) is 18.3 Å². The van der Waals surface area contributed by atoms with Crippen LogP contribution in [-0.2, 0) is 5.41 Å². The molecule has 7 aromatic carbocycles. The molecule has 0 atom stereocenters. The van der Waals surface area contributed by atoms with Crippen LogP contribution in [0.15, 0.2) is 200 Å². The number of fused-ring (bicyclic) bond motifs is 3. The largest absolute Gasteiger partial charge is 0.256 e. The van der Waals surface area contributed by atoms with Gasteiger partial charge in [-0.15, -0.1) is 0 Å². The molecule has 9 rings (SSSR count). The Morgan fingerprint density at radius 2 is 0.796 bits per heavy atom. The Kier molecular flexibility index (Phi) is 7.10. The normalized spacial score (nSPS) is 12.7. The first-order valence-corrected chi connectivity index (χ1v) is 16.9. The summed E-state index contributed by atoms with van der Waals surface area (Å²) in [5, 5.41) is 0. The van der Waals surface area contributed by atoms with Gasteiger partial charge in [-0.25, -0.2) is 0 Å². The van der Waals surface area contributed by atoms with Crippen LogP contribution >= 0.6 is 0 Å². The van der Waals surface area contributed by atoms with Crippen molar-refractivity contribution >= 4 is 0 Å². The van der Waals surface area contributed by atoms with Crippen molar-refractivity contribution in [3.63, 3.8) is 0 Å². The van der Waals surface area contributed by atoms with E-state index in [2.05, 4.69) is 187 Å². The molecule has 1 heteroatoms. The summed E-state index contributed by atoms with van der Waals surface area (Å²) in [5.74, 6) is 0. The van der Waals surface area contributed by atoms with Gasteiger partial charge in [0, 0.05) is 11.8 Å². The number of benzene rings is 7. The van der Waals surface area contributed by atoms with E-state index in [0.29, 0.717) is 0 Å². The zero-order chi connectivity index (χ0) is 32.6. The minimum absolute atomic E-state index is 0.464. The summed E-state index contributed by atoms with van der Waals surface area (Å²) in [4.78, 5) is 4.60. The second-order valence-electron chi connectivity index (χ2n) is 12.7. The molecule has 1 aliphatic carbocycles. The molecule has 0 spiro atoms. The summed E-state index contributed by atoms with van der Waals surface area (Å²) in [7, 11) is 0. The van der Waals surface area contributed by atoms with E-state index in [1.54, 1.807) is 0 Å². The van der Waals surface area contributed by atoms with Crippen molar-refractivity contribution in [3.05, 3.63) is 223 Å². The van der Waals surface area contributed by atoms with Crippen LogP contribution in [0, 0.1) is 0 Å². The molecular weight excluding hydrogens is 591 g/mol. The number of rotatable bonds is 6. The van der Waals surface area contributed by atoms with Crippen molar-refractivity contribution in [2.45, 2.75) is 5.41 Å². The molecule has 0 bridgehead atoms. The quantitative estimate of drug-likeness (QED) is 0.180. The SMILES string of the molecule is c1ccc(-c2ccc(-c3cc4c(cc3-c3ccc(-c5ccccn5)cc3)-c3ccccc3C4(c3ccccc3)c3ccccc3)cc2)cc1. The van der Waals surface area contributed by atoms with Gasteiger partial charge in [-0.05, 0) is 91.0 Å². The second kappa shape index (κ2) is 12.0. The van der Waals surface area contributed by atoms with Gasteiger partial charge in [0.1, 0.15) is 0 Å². The highest BCUT2D eigenvalue weighted by molar-refractivity contribution is 5.95. The van der Waals surface area contributed by atoms with E-state index in [9.17, 15) is 0 Å². The van der Waals surface area contributed by atoms with Crippen LogP contribution in [0.25, 0.3) is 55.8 Å². The molecule has 0 fully saturated rings. The van der Waals surface area contributed by atoms with Crippen molar-refractivity contribution < 1.29 is 0 Å². The molecule has 0 saturated heterocycles. The van der Waals surface area contributed by atoms with Gasteiger partial charge < -0.3 is 0 Å². The van der Waals surface area contributed by atoms with Crippen LogP contribution in [0.3, 0.4) is 0 Å². The molecule has 0 N–H and O–H groups in total. The van der Waals surface area contributed by atoms with Crippen molar-refractivity contribution in [1.29, 1.82) is 0 Å². The Bertz CT molecular complexity index is 2340. The van der Waals surface area contributed by atoms with Gasteiger partial charge in [-0.3, -0.25) is 4.98 Å². The van der Waals surface area contributed by atoms with Crippen LogP contribution in [0.1, 0.15) is 22.3 Å². The van der Waals surface area contributed by atoms with E-state index < -0.39 is 5.41 Å². The lowest BCUT2D eigenvalue weighted by Crippen LogP contribution is -2.28. The smallest absolute Gasteiger partial charge is 0.0713 e. The average molecular weight is 624 g/mol. The monoisotopic (exact) mass is 623 g/mol. The summed E-state index contributed by atoms with van der Waals surface area (Å²) in [6.45, 7) is 0. The third-order valence-electron chi connectivity index (χ3n) is 10.1. The predicted molar refractivity (Wildman–Crippen MR) is 203 cm³/mol. The molecule has 0 aliphatic heterocycles. The zero-order valence-electron chi connectivity index (χ0n) is 27.0. The topological polar surface area (TPSA) is 12.9 Å². The molecule has 1 heterocycles. The number of aromatic nitrogens is 1. The van der Waals surface area contributed by atoms with Gasteiger partial charge in [0.15, 0.2) is 0 Å². The molecule has 49 heavy (non-hydrogen) atoms. The lowest BCUT2D eigenvalue weighted by molar-refractivity contribution is 0.769. The zero-order valence-corrected chi connectivity index (χ0v) is 27.0.